The zero-order valence-corrected chi connectivity index (χ0v) is 15.4. The molecule has 5 rings (SSSR count). The van der Waals surface area contributed by atoms with Crippen molar-refractivity contribution < 1.29 is 14.9 Å². The number of aliphatic hydroxyl groups is 2. The third kappa shape index (κ3) is 3.39. The fourth-order valence-corrected chi connectivity index (χ4v) is 3.49. The zero-order chi connectivity index (χ0) is 19.8. The van der Waals surface area contributed by atoms with Gasteiger partial charge in [-0.3, -0.25) is 5.10 Å². The van der Waals surface area contributed by atoms with Crippen molar-refractivity contribution in [2.45, 2.75) is 25.2 Å². The monoisotopic (exact) mass is 389 g/mol. The van der Waals surface area contributed by atoms with E-state index in [4.69, 9.17) is 4.74 Å². The summed E-state index contributed by atoms with van der Waals surface area (Å²) in [5.74, 6) is 1.09. The van der Waals surface area contributed by atoms with E-state index < -0.39 is 6.10 Å². The van der Waals surface area contributed by atoms with Gasteiger partial charge >= 0.3 is 0 Å². The van der Waals surface area contributed by atoms with Gasteiger partial charge in [-0.1, -0.05) is 18.2 Å². The number of H-pyrrole nitrogens is 1. The molecule has 2 atom stereocenters. The fraction of sp³-hybridized carbons (Fsp3) is 0.190. The number of aromatic amines is 1. The van der Waals surface area contributed by atoms with E-state index in [2.05, 4.69) is 25.5 Å². The van der Waals surface area contributed by atoms with Gasteiger partial charge in [0.15, 0.2) is 0 Å². The highest BCUT2D eigenvalue weighted by Crippen LogP contribution is 2.28. The van der Waals surface area contributed by atoms with E-state index in [0.717, 1.165) is 22.0 Å². The number of rotatable bonds is 5. The Balaban J connectivity index is 1.44. The van der Waals surface area contributed by atoms with Crippen molar-refractivity contribution in [2.75, 3.05) is 5.32 Å². The van der Waals surface area contributed by atoms with E-state index in [0.29, 0.717) is 29.3 Å². The molecule has 1 aliphatic rings. The molecule has 0 bridgehead atoms. The lowest BCUT2D eigenvalue weighted by Crippen LogP contribution is -2.14. The second-order valence-electron chi connectivity index (χ2n) is 6.95. The van der Waals surface area contributed by atoms with Crippen molar-refractivity contribution in [3.05, 3.63) is 60.4 Å². The van der Waals surface area contributed by atoms with Gasteiger partial charge in [-0.2, -0.15) is 5.10 Å². The van der Waals surface area contributed by atoms with Crippen LogP contribution in [0.4, 0.5) is 11.6 Å². The number of hydrogen-bond acceptors (Lipinski definition) is 7. The number of benzene rings is 2. The Morgan fingerprint density at radius 3 is 2.97 bits per heavy atom. The summed E-state index contributed by atoms with van der Waals surface area (Å²) in [5, 5.41) is 30.9. The molecule has 0 saturated heterocycles. The molecule has 0 fully saturated rings. The Morgan fingerprint density at radius 2 is 2.14 bits per heavy atom. The first-order valence-electron chi connectivity index (χ1n) is 9.33. The van der Waals surface area contributed by atoms with Crippen LogP contribution >= 0.6 is 0 Å². The number of aromatic nitrogens is 4. The molecule has 1 aliphatic carbocycles. The zero-order valence-electron chi connectivity index (χ0n) is 15.4. The maximum atomic E-state index is 9.67. The SMILES string of the molecule is OCc1n[nH]c2cc(Nc3ncc4cccc(O[C@@H]5C=C[C@H](O)C5)c4n3)ccc12. The van der Waals surface area contributed by atoms with Gasteiger partial charge in [0, 0.05) is 29.1 Å². The Hall–Kier alpha value is -3.49. The van der Waals surface area contributed by atoms with Crippen LogP contribution in [0.15, 0.2) is 54.7 Å². The first-order valence-corrected chi connectivity index (χ1v) is 9.33. The molecule has 4 N–H and O–H groups in total. The average Bonchev–Trinajstić information content (AvgIpc) is 3.33. The lowest BCUT2D eigenvalue weighted by atomic mass is 10.2. The molecule has 0 saturated carbocycles. The second kappa shape index (κ2) is 7.16. The van der Waals surface area contributed by atoms with Crippen LogP contribution in [0.5, 0.6) is 5.75 Å². The Bertz CT molecular complexity index is 1220. The van der Waals surface area contributed by atoms with Crippen molar-refractivity contribution in [3.8, 4) is 5.75 Å². The number of nitrogens with one attached hydrogen (secondary N) is 2. The largest absolute Gasteiger partial charge is 0.484 e. The maximum absolute atomic E-state index is 9.67. The maximum Gasteiger partial charge on any atom is 0.227 e. The third-order valence-corrected chi connectivity index (χ3v) is 4.92. The molecular weight excluding hydrogens is 370 g/mol. The van der Waals surface area contributed by atoms with E-state index in [-0.39, 0.29) is 12.7 Å². The van der Waals surface area contributed by atoms with E-state index in [1.807, 2.05) is 42.5 Å². The summed E-state index contributed by atoms with van der Waals surface area (Å²) in [4.78, 5) is 9.02. The van der Waals surface area contributed by atoms with Gasteiger partial charge in [-0.25, -0.2) is 9.97 Å². The highest BCUT2D eigenvalue weighted by molar-refractivity contribution is 5.87. The normalized spacial score (nSPS) is 18.6. The summed E-state index contributed by atoms with van der Waals surface area (Å²) in [6, 6.07) is 11.4. The molecule has 2 aromatic heterocycles. The average molecular weight is 389 g/mol. The minimum atomic E-state index is -0.467. The van der Waals surface area contributed by atoms with Crippen LogP contribution in [0.25, 0.3) is 21.8 Å². The third-order valence-electron chi connectivity index (χ3n) is 4.92. The van der Waals surface area contributed by atoms with Crippen LogP contribution in [0, 0.1) is 0 Å². The Kier molecular flexibility index (Phi) is 4.34. The number of aliphatic hydroxyl groups excluding tert-OH is 2. The lowest BCUT2D eigenvalue weighted by molar-refractivity contribution is 0.166. The predicted molar refractivity (Wildman–Crippen MR) is 109 cm³/mol. The van der Waals surface area contributed by atoms with Gasteiger partial charge in [0.1, 0.15) is 17.4 Å². The van der Waals surface area contributed by atoms with Gasteiger partial charge < -0.3 is 20.3 Å². The number of nitrogens with zero attached hydrogens (tertiary/aromatic N) is 3. The number of ether oxygens (including phenoxy) is 1. The molecule has 146 valence electrons. The molecule has 0 spiro atoms. The Labute approximate surface area is 165 Å². The molecule has 0 amide bonds. The summed E-state index contributed by atoms with van der Waals surface area (Å²) < 4.78 is 6.04. The molecule has 0 unspecified atom stereocenters. The topological polar surface area (TPSA) is 116 Å². The van der Waals surface area contributed by atoms with E-state index in [1.54, 1.807) is 12.3 Å². The molecule has 8 heteroatoms. The summed E-state index contributed by atoms with van der Waals surface area (Å²) in [5.41, 5.74) is 2.92. The van der Waals surface area contributed by atoms with Crippen LogP contribution in [0.2, 0.25) is 0 Å². The first kappa shape index (κ1) is 17.6. The number of anilines is 2. The predicted octanol–water partition coefficient (Wildman–Crippen LogP) is 2.81. The van der Waals surface area contributed by atoms with Gasteiger partial charge in [0.05, 0.1) is 23.9 Å². The summed E-state index contributed by atoms with van der Waals surface area (Å²) >= 11 is 0. The molecule has 0 radical (unpaired) electrons. The number of hydrogen-bond donors (Lipinski definition) is 4. The fourth-order valence-electron chi connectivity index (χ4n) is 3.49. The van der Waals surface area contributed by atoms with Crippen molar-refractivity contribution in [1.29, 1.82) is 0 Å². The highest BCUT2D eigenvalue weighted by atomic mass is 16.5. The second-order valence-corrected chi connectivity index (χ2v) is 6.95. The quantitative estimate of drug-likeness (QED) is 0.388. The lowest BCUT2D eigenvalue weighted by Gasteiger charge is -2.14. The molecule has 29 heavy (non-hydrogen) atoms. The number of fused-ring (bicyclic) bond motifs is 2. The summed E-state index contributed by atoms with van der Waals surface area (Å²) in [6.07, 6.45) is 5.24. The van der Waals surface area contributed by atoms with Gasteiger partial charge in [-0.15, -0.1) is 0 Å². The van der Waals surface area contributed by atoms with Crippen LogP contribution in [0.1, 0.15) is 12.1 Å². The molecule has 4 aromatic rings. The van der Waals surface area contributed by atoms with Crippen LogP contribution in [-0.4, -0.2) is 42.6 Å². The highest BCUT2D eigenvalue weighted by Gasteiger charge is 2.19. The first-order chi connectivity index (χ1) is 14.2. The van der Waals surface area contributed by atoms with Crippen LogP contribution in [-0.2, 0) is 6.61 Å². The van der Waals surface area contributed by atoms with Crippen LogP contribution < -0.4 is 10.1 Å². The molecule has 8 nitrogen and oxygen atoms in total. The minimum Gasteiger partial charge on any atom is -0.484 e. The van der Waals surface area contributed by atoms with Crippen molar-refractivity contribution in [1.82, 2.24) is 20.2 Å². The van der Waals surface area contributed by atoms with Gasteiger partial charge in [-0.05, 0) is 30.3 Å². The van der Waals surface area contributed by atoms with E-state index >= 15 is 0 Å². The minimum absolute atomic E-state index is 0.115. The molecule has 0 aliphatic heterocycles. The summed E-state index contributed by atoms with van der Waals surface area (Å²) in [7, 11) is 0. The molecular formula is C21H19N5O3. The van der Waals surface area contributed by atoms with Gasteiger partial charge in [0.25, 0.3) is 0 Å². The van der Waals surface area contributed by atoms with E-state index in [1.165, 1.54) is 0 Å². The van der Waals surface area contributed by atoms with Crippen LogP contribution in [0.3, 0.4) is 0 Å². The van der Waals surface area contributed by atoms with Crippen molar-refractivity contribution in [2.24, 2.45) is 0 Å². The number of para-hydroxylation sites is 1. The molecule has 2 aromatic carbocycles. The molecule has 2 heterocycles. The van der Waals surface area contributed by atoms with Crippen molar-refractivity contribution >= 4 is 33.4 Å². The summed E-state index contributed by atoms with van der Waals surface area (Å²) in [6.45, 7) is -0.115. The Morgan fingerprint density at radius 1 is 1.21 bits per heavy atom. The van der Waals surface area contributed by atoms with Gasteiger partial charge in [0.2, 0.25) is 5.95 Å². The standard InChI is InChI=1S/C21H19N5O3/c27-11-18-16-7-4-13(8-17(16)25-26-18)23-21-22-10-12-2-1-3-19(20(12)24-21)29-15-6-5-14(28)9-15/h1-8,10,14-15,27-28H,9,11H2,(H,25,26)(H,22,23,24)/t14-,15+/m0/s1. The van der Waals surface area contributed by atoms with E-state index in [9.17, 15) is 10.2 Å². The smallest absolute Gasteiger partial charge is 0.227 e. The van der Waals surface area contributed by atoms with Crippen molar-refractivity contribution in [3.63, 3.8) is 0 Å².